The summed E-state index contributed by atoms with van der Waals surface area (Å²) in [5, 5.41) is 14.8. The number of urea groups is 1. The molecule has 1 aliphatic heterocycles. The summed E-state index contributed by atoms with van der Waals surface area (Å²) in [5.74, 6) is -0.144. The zero-order valence-corrected chi connectivity index (χ0v) is 15.9. The van der Waals surface area contributed by atoms with Gasteiger partial charge in [0.15, 0.2) is 0 Å². The molecule has 0 aliphatic carbocycles. The first kappa shape index (κ1) is 19.5. The second kappa shape index (κ2) is 9.12. The molecule has 2 aromatic carbocycles. The second-order valence-electron chi connectivity index (χ2n) is 6.82. The Kier molecular flexibility index (Phi) is 6.37. The highest BCUT2D eigenvalue weighted by atomic mass is 16.5. The van der Waals surface area contributed by atoms with Crippen LogP contribution in [0.2, 0.25) is 0 Å². The van der Waals surface area contributed by atoms with E-state index in [-0.39, 0.29) is 17.6 Å². The van der Waals surface area contributed by atoms with Crippen LogP contribution in [0.4, 0.5) is 10.5 Å². The van der Waals surface area contributed by atoms with Crippen LogP contribution in [0.25, 0.3) is 0 Å². The van der Waals surface area contributed by atoms with Crippen molar-refractivity contribution in [2.24, 2.45) is 0 Å². The molecule has 7 nitrogen and oxygen atoms in total. The summed E-state index contributed by atoms with van der Waals surface area (Å²) in [6.45, 7) is 2.04. The molecular weight excluding hydrogens is 358 g/mol. The van der Waals surface area contributed by atoms with Gasteiger partial charge in [-0.25, -0.2) is 9.59 Å². The molecule has 2 amide bonds. The van der Waals surface area contributed by atoms with Crippen molar-refractivity contribution in [3.05, 3.63) is 59.7 Å². The average molecular weight is 383 g/mol. The Hall–Kier alpha value is -3.22. The molecule has 7 heteroatoms. The summed E-state index contributed by atoms with van der Waals surface area (Å²) in [7, 11) is 1.65. The lowest BCUT2D eigenvalue weighted by atomic mass is 10.0. The van der Waals surface area contributed by atoms with Gasteiger partial charge in [0.2, 0.25) is 0 Å². The lowest BCUT2D eigenvalue weighted by Gasteiger charge is -2.34. The Labute approximate surface area is 164 Å². The smallest absolute Gasteiger partial charge is 0.335 e. The van der Waals surface area contributed by atoms with E-state index in [0.29, 0.717) is 6.54 Å². The van der Waals surface area contributed by atoms with Crippen LogP contribution in [-0.2, 0) is 6.54 Å². The fourth-order valence-electron chi connectivity index (χ4n) is 3.32. The molecule has 1 fully saturated rings. The number of carbonyl (C=O) groups is 2. The molecule has 148 valence electrons. The highest BCUT2D eigenvalue weighted by molar-refractivity contribution is 5.87. The second-order valence-corrected chi connectivity index (χ2v) is 6.82. The third-order valence-corrected chi connectivity index (χ3v) is 4.83. The molecule has 1 aliphatic rings. The van der Waals surface area contributed by atoms with Crippen molar-refractivity contribution in [2.45, 2.75) is 25.4 Å². The average Bonchev–Trinajstić information content (AvgIpc) is 2.73. The third-order valence-electron chi connectivity index (χ3n) is 4.83. The van der Waals surface area contributed by atoms with Gasteiger partial charge in [-0.1, -0.05) is 18.2 Å². The fourth-order valence-corrected chi connectivity index (χ4v) is 3.32. The van der Waals surface area contributed by atoms with E-state index in [9.17, 15) is 9.59 Å². The molecule has 0 bridgehead atoms. The number of anilines is 1. The van der Waals surface area contributed by atoms with Crippen LogP contribution in [0.3, 0.4) is 0 Å². The number of aromatic carboxylic acids is 1. The fraction of sp³-hybridized carbons (Fsp3) is 0.333. The Balaban J connectivity index is 1.50. The number of rotatable bonds is 6. The van der Waals surface area contributed by atoms with Crippen molar-refractivity contribution in [2.75, 3.05) is 25.1 Å². The molecule has 28 heavy (non-hydrogen) atoms. The number of carbonyl (C=O) groups excluding carboxylic acids is 1. The topological polar surface area (TPSA) is 90.9 Å². The van der Waals surface area contributed by atoms with Gasteiger partial charge in [-0.3, -0.25) is 0 Å². The van der Waals surface area contributed by atoms with Crippen LogP contribution >= 0.6 is 0 Å². The Morgan fingerprint density at radius 1 is 1.21 bits per heavy atom. The van der Waals surface area contributed by atoms with Crippen LogP contribution in [0.5, 0.6) is 5.75 Å². The summed E-state index contributed by atoms with van der Waals surface area (Å²) in [5.41, 5.74) is 2.17. The number of hydrogen-bond donors (Lipinski definition) is 3. The molecule has 0 saturated carbocycles. The van der Waals surface area contributed by atoms with Crippen molar-refractivity contribution in [3.8, 4) is 5.75 Å². The van der Waals surface area contributed by atoms with Gasteiger partial charge in [0, 0.05) is 37.4 Å². The number of nitrogens with one attached hydrogen (secondary N) is 2. The third kappa shape index (κ3) is 5.16. The predicted molar refractivity (Wildman–Crippen MR) is 107 cm³/mol. The van der Waals surface area contributed by atoms with Crippen molar-refractivity contribution >= 4 is 17.7 Å². The van der Waals surface area contributed by atoms with Crippen molar-refractivity contribution in [3.63, 3.8) is 0 Å². The van der Waals surface area contributed by atoms with Crippen LogP contribution in [0, 0.1) is 0 Å². The number of methoxy groups -OCH3 is 1. The molecule has 0 spiro atoms. The highest BCUT2D eigenvalue weighted by Crippen LogP contribution is 2.24. The zero-order chi connectivity index (χ0) is 19.9. The van der Waals surface area contributed by atoms with Gasteiger partial charge in [-0.2, -0.15) is 0 Å². The number of ether oxygens (including phenoxy) is 1. The van der Waals surface area contributed by atoms with E-state index in [1.807, 2.05) is 24.3 Å². The number of hydrogen-bond acceptors (Lipinski definition) is 4. The molecule has 2 aromatic rings. The molecule has 0 radical (unpaired) electrons. The lowest BCUT2D eigenvalue weighted by molar-refractivity contribution is 0.0697. The molecular formula is C21H25N3O4. The summed E-state index contributed by atoms with van der Waals surface area (Å²) >= 11 is 0. The van der Waals surface area contributed by atoms with E-state index >= 15 is 0 Å². The number of amides is 2. The number of carboxylic acid groups (broad SMARTS) is 1. The Morgan fingerprint density at radius 2 is 2.00 bits per heavy atom. The van der Waals surface area contributed by atoms with Gasteiger partial charge < -0.3 is 25.4 Å². The van der Waals surface area contributed by atoms with Gasteiger partial charge in [0.1, 0.15) is 5.75 Å². The largest absolute Gasteiger partial charge is 0.497 e. The van der Waals surface area contributed by atoms with Crippen molar-refractivity contribution in [1.29, 1.82) is 0 Å². The summed E-state index contributed by atoms with van der Waals surface area (Å²) < 4.78 is 5.29. The van der Waals surface area contributed by atoms with E-state index in [1.165, 1.54) is 12.1 Å². The minimum absolute atomic E-state index is 0.0642. The molecule has 1 atom stereocenters. The first-order chi connectivity index (χ1) is 13.5. The molecule has 3 rings (SSSR count). The standard InChI is InChI=1S/C21H25N3O4/c1-28-19-6-2-5-18(12-19)24-11-3-4-17(14-24)23-21(27)22-13-15-7-9-16(10-8-15)20(25)26/h2,5-10,12,17H,3-4,11,13-14H2,1H3,(H,25,26)(H2,22,23,27). The maximum atomic E-state index is 12.2. The molecule has 3 N–H and O–H groups in total. The van der Waals surface area contributed by atoms with E-state index in [0.717, 1.165) is 42.9 Å². The Morgan fingerprint density at radius 3 is 2.71 bits per heavy atom. The van der Waals surface area contributed by atoms with Crippen molar-refractivity contribution < 1.29 is 19.4 Å². The highest BCUT2D eigenvalue weighted by Gasteiger charge is 2.21. The monoisotopic (exact) mass is 383 g/mol. The van der Waals surface area contributed by atoms with Crippen LogP contribution in [0.15, 0.2) is 48.5 Å². The summed E-state index contributed by atoms with van der Waals surface area (Å²) in [6, 6.07) is 14.2. The maximum Gasteiger partial charge on any atom is 0.335 e. The minimum Gasteiger partial charge on any atom is -0.497 e. The first-order valence-electron chi connectivity index (χ1n) is 9.31. The Bertz CT molecular complexity index is 823. The number of nitrogens with zero attached hydrogens (tertiary/aromatic N) is 1. The molecule has 1 unspecified atom stereocenters. The molecule has 0 aromatic heterocycles. The van der Waals surface area contributed by atoms with Crippen molar-refractivity contribution in [1.82, 2.24) is 10.6 Å². The zero-order valence-electron chi connectivity index (χ0n) is 15.9. The van der Waals surface area contributed by atoms with E-state index < -0.39 is 5.97 Å². The van der Waals surface area contributed by atoms with E-state index in [4.69, 9.17) is 9.84 Å². The van der Waals surface area contributed by atoms with E-state index in [1.54, 1.807) is 19.2 Å². The van der Waals surface area contributed by atoms with Gasteiger partial charge in [-0.15, -0.1) is 0 Å². The summed E-state index contributed by atoms with van der Waals surface area (Å²) in [6.07, 6.45) is 1.93. The van der Waals surface area contributed by atoms with Gasteiger partial charge in [0.05, 0.1) is 12.7 Å². The molecule has 1 heterocycles. The molecule has 1 saturated heterocycles. The van der Waals surface area contributed by atoms with Crippen LogP contribution in [0.1, 0.15) is 28.8 Å². The quantitative estimate of drug-likeness (QED) is 0.714. The number of carboxylic acids is 1. The minimum atomic E-state index is -0.963. The van der Waals surface area contributed by atoms with E-state index in [2.05, 4.69) is 15.5 Å². The maximum absolute atomic E-state index is 12.2. The predicted octanol–water partition coefficient (Wildman–Crippen LogP) is 2.86. The number of piperidine rings is 1. The lowest BCUT2D eigenvalue weighted by Crippen LogP contribution is -2.50. The van der Waals surface area contributed by atoms with Crippen LogP contribution < -0.4 is 20.3 Å². The number of benzene rings is 2. The summed E-state index contributed by atoms with van der Waals surface area (Å²) in [4.78, 5) is 25.4. The van der Waals surface area contributed by atoms with Gasteiger partial charge in [0.25, 0.3) is 0 Å². The van der Waals surface area contributed by atoms with Gasteiger partial charge in [-0.05, 0) is 42.7 Å². The van der Waals surface area contributed by atoms with Gasteiger partial charge >= 0.3 is 12.0 Å². The van der Waals surface area contributed by atoms with Crippen LogP contribution in [-0.4, -0.2) is 43.3 Å². The SMILES string of the molecule is COc1cccc(N2CCCC(NC(=O)NCc3ccc(C(=O)O)cc3)C2)c1. The normalized spacial score (nSPS) is 16.3. The first-order valence-corrected chi connectivity index (χ1v) is 9.31.